The molecule has 186 valence electrons. The van der Waals surface area contributed by atoms with E-state index in [2.05, 4.69) is 6.92 Å². The minimum absolute atomic E-state index is 0.201. The van der Waals surface area contributed by atoms with E-state index in [1.54, 1.807) is 6.92 Å². The Balaban J connectivity index is 1.96. The summed E-state index contributed by atoms with van der Waals surface area (Å²) in [5.74, 6) is -3.85. The molecule has 3 rings (SSSR count). The molecule has 8 nitrogen and oxygen atoms in total. The number of fused-ring (bicyclic) bond motifs is 3. The van der Waals surface area contributed by atoms with Gasteiger partial charge in [0.05, 0.1) is 11.5 Å². The Morgan fingerprint density at radius 1 is 1.12 bits per heavy atom. The number of methoxy groups -OCH3 is 2. The second-order valence-electron chi connectivity index (χ2n) is 10.6. The number of hydrogen-bond acceptors (Lipinski definition) is 8. The molecule has 0 aromatic rings. The van der Waals surface area contributed by atoms with Crippen LogP contribution in [-0.4, -0.2) is 66.4 Å². The van der Waals surface area contributed by atoms with Gasteiger partial charge in [-0.25, -0.2) is 4.79 Å². The van der Waals surface area contributed by atoms with Crippen molar-refractivity contribution < 1.29 is 38.8 Å². The molecule has 2 N–H and O–H groups in total. The van der Waals surface area contributed by atoms with Crippen LogP contribution in [0.1, 0.15) is 66.2 Å². The maximum Gasteiger partial charge on any atom is 0.335 e. The van der Waals surface area contributed by atoms with E-state index in [0.29, 0.717) is 12.8 Å². The molecule has 3 aliphatic carbocycles. The monoisotopic (exact) mass is 466 g/mol. The van der Waals surface area contributed by atoms with Gasteiger partial charge in [0.1, 0.15) is 12.2 Å². The minimum Gasteiger partial charge on any atom is -0.504 e. The molecule has 0 radical (unpaired) electrons. The summed E-state index contributed by atoms with van der Waals surface area (Å²) in [6, 6.07) is 0. The molecule has 0 amide bonds. The van der Waals surface area contributed by atoms with Crippen LogP contribution in [0.2, 0.25) is 0 Å². The number of carbonyl (C=O) groups is 3. The fourth-order valence-electron chi connectivity index (χ4n) is 6.47. The second kappa shape index (κ2) is 9.47. The van der Waals surface area contributed by atoms with E-state index < -0.39 is 64.5 Å². The van der Waals surface area contributed by atoms with Crippen molar-refractivity contribution in [3.63, 3.8) is 0 Å². The molecule has 0 spiro atoms. The number of carbonyl (C=O) groups excluding carboxylic acids is 3. The quantitative estimate of drug-likeness (QED) is 0.302. The Hall–Kier alpha value is -1.77. The first kappa shape index (κ1) is 25.8. The van der Waals surface area contributed by atoms with Gasteiger partial charge in [0, 0.05) is 31.1 Å². The van der Waals surface area contributed by atoms with Crippen LogP contribution in [-0.2, 0) is 28.6 Å². The van der Waals surface area contributed by atoms with Gasteiger partial charge < -0.3 is 24.4 Å². The van der Waals surface area contributed by atoms with Crippen LogP contribution in [0, 0.1) is 22.7 Å². The molecule has 1 unspecified atom stereocenters. The third-order valence-electron chi connectivity index (χ3n) is 8.07. The number of esters is 1. The Morgan fingerprint density at radius 2 is 1.79 bits per heavy atom. The van der Waals surface area contributed by atoms with Gasteiger partial charge in [-0.1, -0.05) is 46.5 Å². The van der Waals surface area contributed by atoms with E-state index in [4.69, 9.17) is 14.2 Å². The Kier molecular flexibility index (Phi) is 7.42. The van der Waals surface area contributed by atoms with Crippen molar-refractivity contribution in [1.29, 1.82) is 0 Å². The number of allylic oxidation sites excluding steroid dienone is 1. The van der Waals surface area contributed by atoms with Crippen LogP contribution in [0.15, 0.2) is 11.3 Å². The summed E-state index contributed by atoms with van der Waals surface area (Å²) in [5, 5.41) is 21.0. The maximum atomic E-state index is 13.2. The number of rotatable bonds is 9. The second-order valence-corrected chi connectivity index (χ2v) is 10.6. The van der Waals surface area contributed by atoms with E-state index in [9.17, 15) is 24.6 Å². The van der Waals surface area contributed by atoms with Crippen molar-refractivity contribution in [2.75, 3.05) is 14.2 Å². The molecule has 8 heteroatoms. The van der Waals surface area contributed by atoms with Crippen molar-refractivity contribution in [2.45, 2.75) is 90.6 Å². The average molecular weight is 467 g/mol. The molecule has 0 saturated heterocycles. The van der Waals surface area contributed by atoms with Crippen LogP contribution < -0.4 is 0 Å². The number of aliphatic hydroxyl groups is 2. The van der Waals surface area contributed by atoms with E-state index in [-0.39, 0.29) is 11.5 Å². The molecule has 0 aromatic carbocycles. The fourth-order valence-corrected chi connectivity index (χ4v) is 6.47. The highest BCUT2D eigenvalue weighted by Gasteiger charge is 2.71. The first-order valence-corrected chi connectivity index (χ1v) is 11.9. The zero-order valence-electron chi connectivity index (χ0n) is 20.6. The summed E-state index contributed by atoms with van der Waals surface area (Å²) < 4.78 is 17.3. The van der Waals surface area contributed by atoms with Crippen LogP contribution >= 0.6 is 0 Å². The van der Waals surface area contributed by atoms with Crippen molar-refractivity contribution in [1.82, 2.24) is 0 Å². The summed E-state index contributed by atoms with van der Waals surface area (Å²) in [7, 11) is 2.98. The largest absolute Gasteiger partial charge is 0.504 e. The summed E-state index contributed by atoms with van der Waals surface area (Å²) in [4.78, 5) is 38.7. The third kappa shape index (κ3) is 4.04. The number of hydrogen-bond donors (Lipinski definition) is 2. The topological polar surface area (TPSA) is 119 Å². The lowest BCUT2D eigenvalue weighted by molar-refractivity contribution is -0.176. The smallest absolute Gasteiger partial charge is 0.335 e. The normalized spacial score (nSPS) is 36.0. The first-order valence-electron chi connectivity index (χ1n) is 11.9. The summed E-state index contributed by atoms with van der Waals surface area (Å²) in [5.41, 5.74) is -1.74. The summed E-state index contributed by atoms with van der Waals surface area (Å²) in [6.07, 6.45) is 1.30. The standard InChI is InChI=1S/C25H38O8/c1-7-8-9-10-11-14(26)23(30)33-22-15-13(12-24(22,2)3)19(31-5)20(32-6)16-17(27)18(28)21(29)25(15,16)4/h13-15,19-20,22,26-27H,7-12H2,1-6H3/t13-,14?,15-,19+,20-,22+,25+/m0/s1. The van der Waals surface area contributed by atoms with Crippen molar-refractivity contribution >= 4 is 17.5 Å². The highest BCUT2D eigenvalue weighted by Crippen LogP contribution is 2.64. The molecule has 2 fully saturated rings. The summed E-state index contributed by atoms with van der Waals surface area (Å²) >= 11 is 0. The zero-order chi connectivity index (χ0) is 24.7. The van der Waals surface area contributed by atoms with E-state index in [1.807, 2.05) is 13.8 Å². The van der Waals surface area contributed by atoms with Crippen LogP contribution in [0.4, 0.5) is 0 Å². The predicted molar refractivity (Wildman–Crippen MR) is 119 cm³/mol. The van der Waals surface area contributed by atoms with Gasteiger partial charge in [-0.3, -0.25) is 9.59 Å². The van der Waals surface area contributed by atoms with Gasteiger partial charge in [-0.05, 0) is 25.7 Å². The summed E-state index contributed by atoms with van der Waals surface area (Å²) in [6.45, 7) is 7.61. The highest BCUT2D eigenvalue weighted by molar-refractivity contribution is 6.48. The number of aliphatic hydroxyl groups excluding tert-OH is 2. The Labute approximate surface area is 195 Å². The molecular formula is C25H38O8. The van der Waals surface area contributed by atoms with Gasteiger partial charge in [-0.2, -0.15) is 0 Å². The maximum absolute atomic E-state index is 13.2. The molecule has 3 aliphatic rings. The third-order valence-corrected chi connectivity index (χ3v) is 8.07. The van der Waals surface area contributed by atoms with Gasteiger partial charge in [0.15, 0.2) is 11.9 Å². The lowest BCUT2D eigenvalue weighted by Crippen LogP contribution is -2.57. The Morgan fingerprint density at radius 3 is 2.36 bits per heavy atom. The first-order chi connectivity index (χ1) is 15.5. The van der Waals surface area contributed by atoms with Crippen LogP contribution in [0.5, 0.6) is 0 Å². The fraction of sp³-hybridized carbons (Fsp3) is 0.800. The van der Waals surface area contributed by atoms with Gasteiger partial charge in [0.25, 0.3) is 5.78 Å². The van der Waals surface area contributed by atoms with Crippen molar-refractivity contribution in [3.05, 3.63) is 11.3 Å². The van der Waals surface area contributed by atoms with Crippen LogP contribution in [0.3, 0.4) is 0 Å². The molecule has 33 heavy (non-hydrogen) atoms. The number of ether oxygens (including phenoxy) is 3. The zero-order valence-corrected chi connectivity index (χ0v) is 20.6. The molecule has 2 saturated carbocycles. The number of ketones is 2. The molecular weight excluding hydrogens is 428 g/mol. The van der Waals surface area contributed by atoms with E-state index in [1.165, 1.54) is 14.2 Å². The number of Topliss-reactive ketones (excluding diaryl/α,β-unsaturated/α-hetero) is 2. The van der Waals surface area contributed by atoms with E-state index in [0.717, 1.165) is 25.7 Å². The SMILES string of the molecule is CCCCCCC(O)C(=O)O[C@@H]1[C@@H]2[C@H](CC1(C)C)[C@@H](OC)[C@@H](OC)C1=C(O)C(=O)C(=O)[C@@]12C. The Bertz CT molecular complexity index is 830. The average Bonchev–Trinajstić information content (AvgIpc) is 3.13. The van der Waals surface area contributed by atoms with E-state index >= 15 is 0 Å². The lowest BCUT2D eigenvalue weighted by Gasteiger charge is -2.49. The molecule has 0 aliphatic heterocycles. The minimum atomic E-state index is -1.38. The number of unbranched alkanes of at least 4 members (excludes halogenated alkanes) is 3. The molecule has 0 heterocycles. The van der Waals surface area contributed by atoms with Crippen molar-refractivity contribution in [2.24, 2.45) is 22.7 Å². The molecule has 0 bridgehead atoms. The molecule has 7 atom stereocenters. The van der Waals surface area contributed by atoms with Gasteiger partial charge >= 0.3 is 5.97 Å². The lowest BCUT2D eigenvalue weighted by atomic mass is 9.58. The predicted octanol–water partition coefficient (Wildman–Crippen LogP) is 2.91. The van der Waals surface area contributed by atoms with Crippen molar-refractivity contribution in [3.8, 4) is 0 Å². The van der Waals surface area contributed by atoms with Crippen LogP contribution in [0.25, 0.3) is 0 Å². The highest BCUT2D eigenvalue weighted by atomic mass is 16.6. The van der Waals surface area contributed by atoms with Gasteiger partial charge in [-0.15, -0.1) is 0 Å². The van der Waals surface area contributed by atoms with Gasteiger partial charge in [0.2, 0.25) is 5.78 Å². The molecule has 0 aromatic heterocycles.